The van der Waals surface area contributed by atoms with Crippen molar-refractivity contribution >= 4 is 12.0 Å². The first-order valence-corrected chi connectivity index (χ1v) is 5.40. The molecule has 5 nitrogen and oxygen atoms in total. The zero-order valence-corrected chi connectivity index (χ0v) is 9.59. The number of carbonyl (C=O) groups is 2. The van der Waals surface area contributed by atoms with E-state index in [1.807, 2.05) is 0 Å². The molecule has 0 aliphatic carbocycles. The third kappa shape index (κ3) is 2.38. The van der Waals surface area contributed by atoms with E-state index >= 15 is 0 Å². The second-order valence-electron chi connectivity index (χ2n) is 4.13. The zero-order valence-electron chi connectivity index (χ0n) is 9.59. The number of carboxylic acids is 1. The predicted molar refractivity (Wildman–Crippen MR) is 61.8 cm³/mol. The van der Waals surface area contributed by atoms with E-state index < -0.39 is 5.97 Å². The molecule has 1 aromatic carbocycles. The molecular formula is C12H14N2O3. The molecule has 0 bridgehead atoms. The zero-order chi connectivity index (χ0) is 12.4. The number of likely N-dealkylation sites (N-methyl/N-ethyl adjacent to an activating group) is 1. The summed E-state index contributed by atoms with van der Waals surface area (Å²) in [5.41, 5.74) is 1.21. The van der Waals surface area contributed by atoms with Gasteiger partial charge < -0.3 is 14.9 Å². The maximum Gasteiger partial charge on any atom is 0.335 e. The van der Waals surface area contributed by atoms with Crippen LogP contribution >= 0.6 is 0 Å². The Balaban J connectivity index is 2.04. The van der Waals surface area contributed by atoms with Gasteiger partial charge >= 0.3 is 12.0 Å². The number of carbonyl (C=O) groups excluding carboxylic acids is 1. The fourth-order valence-electron chi connectivity index (χ4n) is 1.82. The van der Waals surface area contributed by atoms with E-state index in [-0.39, 0.29) is 11.6 Å². The maximum absolute atomic E-state index is 11.6. The molecule has 0 aromatic heterocycles. The highest BCUT2D eigenvalue weighted by atomic mass is 16.4. The van der Waals surface area contributed by atoms with Crippen LogP contribution < -0.4 is 0 Å². The number of urea groups is 1. The Kier molecular flexibility index (Phi) is 2.99. The Bertz CT molecular complexity index is 442. The first kappa shape index (κ1) is 11.4. The Labute approximate surface area is 99.3 Å². The molecule has 5 heteroatoms. The summed E-state index contributed by atoms with van der Waals surface area (Å²) in [6, 6.07) is 6.63. The molecule has 2 rings (SSSR count). The van der Waals surface area contributed by atoms with E-state index in [1.54, 1.807) is 41.1 Å². The van der Waals surface area contributed by atoms with Gasteiger partial charge in [0.05, 0.1) is 5.56 Å². The van der Waals surface area contributed by atoms with Crippen molar-refractivity contribution < 1.29 is 14.7 Å². The number of rotatable bonds is 3. The van der Waals surface area contributed by atoms with Gasteiger partial charge in [-0.2, -0.15) is 0 Å². The quantitative estimate of drug-likeness (QED) is 0.856. The fourth-order valence-corrected chi connectivity index (χ4v) is 1.82. The highest BCUT2D eigenvalue weighted by Crippen LogP contribution is 2.12. The molecule has 1 saturated heterocycles. The second kappa shape index (κ2) is 4.45. The Morgan fingerprint density at radius 1 is 1.29 bits per heavy atom. The van der Waals surface area contributed by atoms with E-state index in [0.717, 1.165) is 18.7 Å². The second-order valence-corrected chi connectivity index (χ2v) is 4.13. The molecule has 0 atom stereocenters. The predicted octanol–water partition coefficient (Wildman–Crippen LogP) is 1.25. The first-order chi connectivity index (χ1) is 8.08. The van der Waals surface area contributed by atoms with Crippen LogP contribution in [0.25, 0.3) is 0 Å². The lowest BCUT2D eigenvalue weighted by atomic mass is 10.1. The third-order valence-electron chi connectivity index (χ3n) is 2.88. The average molecular weight is 234 g/mol. The van der Waals surface area contributed by atoms with Crippen molar-refractivity contribution in [1.29, 1.82) is 0 Å². The van der Waals surface area contributed by atoms with Crippen LogP contribution in [0.15, 0.2) is 24.3 Å². The summed E-state index contributed by atoms with van der Waals surface area (Å²) in [4.78, 5) is 25.7. The summed E-state index contributed by atoms with van der Waals surface area (Å²) < 4.78 is 0. The Morgan fingerprint density at radius 3 is 2.41 bits per heavy atom. The van der Waals surface area contributed by atoms with Gasteiger partial charge in [0.2, 0.25) is 0 Å². The standard InChI is InChI=1S/C12H14N2O3/c1-13-6-7-14(12(13)17)8-9-2-4-10(5-3-9)11(15)16/h2-5H,6-8H2,1H3,(H,15,16). The van der Waals surface area contributed by atoms with Crippen molar-refractivity contribution in [2.75, 3.05) is 20.1 Å². The van der Waals surface area contributed by atoms with Crippen LogP contribution in [0.1, 0.15) is 15.9 Å². The molecule has 0 radical (unpaired) electrons. The van der Waals surface area contributed by atoms with Gasteiger partial charge in [0.1, 0.15) is 0 Å². The van der Waals surface area contributed by atoms with Gasteiger partial charge in [-0.1, -0.05) is 12.1 Å². The maximum atomic E-state index is 11.6. The lowest BCUT2D eigenvalue weighted by Gasteiger charge is -2.15. The normalized spacial score (nSPS) is 15.5. The van der Waals surface area contributed by atoms with Gasteiger partial charge in [0, 0.05) is 26.7 Å². The number of benzene rings is 1. The summed E-state index contributed by atoms with van der Waals surface area (Å²) in [5.74, 6) is -0.937. The van der Waals surface area contributed by atoms with E-state index in [0.29, 0.717) is 6.54 Å². The SMILES string of the molecule is CN1CCN(Cc2ccc(C(=O)O)cc2)C1=O. The van der Waals surface area contributed by atoms with Crippen LogP contribution in [0.3, 0.4) is 0 Å². The molecule has 17 heavy (non-hydrogen) atoms. The largest absolute Gasteiger partial charge is 0.478 e. The highest BCUT2D eigenvalue weighted by molar-refractivity contribution is 5.87. The van der Waals surface area contributed by atoms with E-state index in [2.05, 4.69) is 0 Å². The first-order valence-electron chi connectivity index (χ1n) is 5.40. The molecule has 1 N–H and O–H groups in total. The number of carboxylic acid groups (broad SMARTS) is 1. The molecule has 0 saturated carbocycles. The monoisotopic (exact) mass is 234 g/mol. The van der Waals surface area contributed by atoms with E-state index in [1.165, 1.54) is 0 Å². The minimum absolute atomic E-state index is 0.0207. The van der Waals surface area contributed by atoms with E-state index in [9.17, 15) is 9.59 Å². The van der Waals surface area contributed by atoms with Gasteiger partial charge in [-0.05, 0) is 17.7 Å². The van der Waals surface area contributed by atoms with Crippen LogP contribution in [-0.4, -0.2) is 47.0 Å². The van der Waals surface area contributed by atoms with Crippen molar-refractivity contribution in [3.8, 4) is 0 Å². The molecule has 1 fully saturated rings. The topological polar surface area (TPSA) is 60.9 Å². The summed E-state index contributed by atoms with van der Waals surface area (Å²) in [7, 11) is 1.77. The number of hydrogen-bond acceptors (Lipinski definition) is 2. The summed E-state index contributed by atoms with van der Waals surface area (Å²) in [6.07, 6.45) is 0. The number of aromatic carboxylic acids is 1. The third-order valence-corrected chi connectivity index (χ3v) is 2.88. The van der Waals surface area contributed by atoms with Crippen LogP contribution in [0.2, 0.25) is 0 Å². The minimum atomic E-state index is -0.937. The fraction of sp³-hybridized carbons (Fsp3) is 0.333. The van der Waals surface area contributed by atoms with Crippen molar-refractivity contribution in [2.45, 2.75) is 6.54 Å². The Hall–Kier alpha value is -2.04. The molecule has 2 amide bonds. The smallest absolute Gasteiger partial charge is 0.335 e. The lowest BCUT2D eigenvalue weighted by Crippen LogP contribution is -2.28. The van der Waals surface area contributed by atoms with Crippen LogP contribution in [0, 0.1) is 0 Å². The molecule has 1 aliphatic heterocycles. The van der Waals surface area contributed by atoms with Crippen molar-refractivity contribution in [3.05, 3.63) is 35.4 Å². The summed E-state index contributed by atoms with van der Waals surface area (Å²) in [6.45, 7) is 1.99. The molecule has 1 aliphatic rings. The van der Waals surface area contributed by atoms with Gasteiger partial charge in [-0.3, -0.25) is 0 Å². The highest BCUT2D eigenvalue weighted by Gasteiger charge is 2.24. The van der Waals surface area contributed by atoms with Crippen molar-refractivity contribution in [1.82, 2.24) is 9.80 Å². The summed E-state index contributed by atoms with van der Waals surface area (Å²) >= 11 is 0. The van der Waals surface area contributed by atoms with Gasteiger partial charge in [-0.15, -0.1) is 0 Å². The lowest BCUT2D eigenvalue weighted by molar-refractivity contribution is 0.0697. The van der Waals surface area contributed by atoms with Crippen LogP contribution in [0.4, 0.5) is 4.79 Å². The van der Waals surface area contributed by atoms with Crippen molar-refractivity contribution in [2.24, 2.45) is 0 Å². The molecule has 0 spiro atoms. The Morgan fingerprint density at radius 2 is 1.94 bits per heavy atom. The summed E-state index contributed by atoms with van der Waals surface area (Å²) in [5, 5.41) is 8.77. The van der Waals surface area contributed by atoms with Crippen molar-refractivity contribution in [3.63, 3.8) is 0 Å². The minimum Gasteiger partial charge on any atom is -0.478 e. The number of amides is 2. The van der Waals surface area contributed by atoms with Crippen LogP contribution in [0.5, 0.6) is 0 Å². The molecule has 1 heterocycles. The molecule has 90 valence electrons. The van der Waals surface area contributed by atoms with Gasteiger partial charge in [0.15, 0.2) is 0 Å². The van der Waals surface area contributed by atoms with Crippen LogP contribution in [-0.2, 0) is 6.54 Å². The number of hydrogen-bond donors (Lipinski definition) is 1. The molecular weight excluding hydrogens is 220 g/mol. The number of nitrogens with zero attached hydrogens (tertiary/aromatic N) is 2. The molecule has 0 unspecified atom stereocenters. The molecule has 1 aromatic rings. The van der Waals surface area contributed by atoms with Gasteiger partial charge in [-0.25, -0.2) is 9.59 Å². The average Bonchev–Trinajstić information content (AvgIpc) is 2.62. The van der Waals surface area contributed by atoms with E-state index in [4.69, 9.17) is 5.11 Å². The van der Waals surface area contributed by atoms with Gasteiger partial charge in [0.25, 0.3) is 0 Å².